The van der Waals surface area contributed by atoms with Crippen LogP contribution in [0.3, 0.4) is 0 Å². The number of aromatic nitrogens is 4. The summed E-state index contributed by atoms with van der Waals surface area (Å²) in [5.41, 5.74) is 7.26. The number of hydrogen-bond acceptors (Lipinski definition) is 5. The van der Waals surface area contributed by atoms with Crippen LogP contribution in [0, 0.1) is 0 Å². The molecule has 4 heterocycles. The van der Waals surface area contributed by atoms with Gasteiger partial charge in [-0.15, -0.1) is 0 Å². The maximum Gasteiger partial charge on any atom is 0.179 e. The maximum atomic E-state index is 4.53. The molecule has 34 heavy (non-hydrogen) atoms. The van der Waals surface area contributed by atoms with Crippen LogP contribution in [-0.4, -0.2) is 56.7 Å². The van der Waals surface area contributed by atoms with Gasteiger partial charge in [0.25, 0.3) is 0 Å². The first-order chi connectivity index (χ1) is 16.7. The molecule has 7 heteroatoms. The van der Waals surface area contributed by atoms with Crippen LogP contribution in [0.1, 0.15) is 13.8 Å². The number of anilines is 3. The molecule has 0 atom stereocenters. The molecule has 172 valence electrons. The van der Waals surface area contributed by atoms with Crippen molar-refractivity contribution in [2.24, 2.45) is 0 Å². The molecule has 0 bridgehead atoms. The SMILES string of the molecule is CC(C)N1CCN(c2ccc(Nc3ccc(-c4ccc5cc[nH]c5c4)n4ncnc34)cc2)CC1. The molecule has 0 radical (unpaired) electrons. The van der Waals surface area contributed by atoms with Crippen molar-refractivity contribution in [3.05, 3.63) is 73.2 Å². The van der Waals surface area contributed by atoms with Gasteiger partial charge in [-0.05, 0) is 67.8 Å². The Morgan fingerprint density at radius 1 is 0.912 bits per heavy atom. The summed E-state index contributed by atoms with van der Waals surface area (Å²) in [6, 6.07) is 22.0. The fourth-order valence-corrected chi connectivity index (χ4v) is 4.84. The molecule has 7 nitrogen and oxygen atoms in total. The van der Waals surface area contributed by atoms with E-state index in [0.717, 1.165) is 60.0 Å². The van der Waals surface area contributed by atoms with E-state index in [0.29, 0.717) is 6.04 Å². The molecule has 0 amide bonds. The van der Waals surface area contributed by atoms with Gasteiger partial charge in [-0.2, -0.15) is 5.10 Å². The largest absolute Gasteiger partial charge is 0.369 e. The standard InChI is InChI=1S/C27H29N7/c1-19(2)32-13-15-33(16-14-32)23-7-5-22(6-8-23)31-24-9-10-26(34-27(24)29-18-30-34)21-4-3-20-11-12-28-25(20)17-21/h3-12,17-19,28,31H,13-16H2,1-2H3. The minimum atomic E-state index is 0.616. The molecular formula is C27H29N7. The number of nitrogens with zero attached hydrogens (tertiary/aromatic N) is 5. The molecule has 0 spiro atoms. The van der Waals surface area contributed by atoms with Crippen LogP contribution in [0.25, 0.3) is 27.8 Å². The zero-order valence-electron chi connectivity index (χ0n) is 19.6. The molecule has 2 aromatic carbocycles. The first kappa shape index (κ1) is 20.7. The number of aromatic amines is 1. The second kappa shape index (κ2) is 8.50. The average Bonchev–Trinajstić information content (AvgIpc) is 3.54. The Morgan fingerprint density at radius 3 is 2.53 bits per heavy atom. The van der Waals surface area contributed by atoms with Crippen LogP contribution >= 0.6 is 0 Å². The Morgan fingerprint density at radius 2 is 1.74 bits per heavy atom. The summed E-state index contributed by atoms with van der Waals surface area (Å²) in [4.78, 5) is 12.8. The average molecular weight is 452 g/mol. The van der Waals surface area contributed by atoms with Crippen LogP contribution in [-0.2, 0) is 0 Å². The second-order valence-corrected chi connectivity index (χ2v) is 9.20. The van der Waals surface area contributed by atoms with Crippen LogP contribution < -0.4 is 10.2 Å². The quantitative estimate of drug-likeness (QED) is 0.387. The smallest absolute Gasteiger partial charge is 0.179 e. The summed E-state index contributed by atoms with van der Waals surface area (Å²) in [5.74, 6) is 0. The van der Waals surface area contributed by atoms with Gasteiger partial charge in [0.15, 0.2) is 5.65 Å². The number of benzene rings is 2. The summed E-state index contributed by atoms with van der Waals surface area (Å²) < 4.78 is 1.90. The van der Waals surface area contributed by atoms with Crippen LogP contribution in [0.2, 0.25) is 0 Å². The third-order valence-corrected chi connectivity index (χ3v) is 6.83. The van der Waals surface area contributed by atoms with Crippen LogP contribution in [0.5, 0.6) is 0 Å². The second-order valence-electron chi connectivity index (χ2n) is 9.20. The van der Waals surface area contributed by atoms with Gasteiger partial charge in [0, 0.05) is 60.9 Å². The zero-order valence-corrected chi connectivity index (χ0v) is 19.6. The number of nitrogens with one attached hydrogen (secondary N) is 2. The highest BCUT2D eigenvalue weighted by atomic mass is 15.3. The highest BCUT2D eigenvalue weighted by molar-refractivity contribution is 5.85. The lowest BCUT2D eigenvalue weighted by molar-refractivity contribution is 0.209. The van der Waals surface area contributed by atoms with Crippen molar-refractivity contribution in [3.63, 3.8) is 0 Å². The first-order valence-electron chi connectivity index (χ1n) is 11.9. The maximum absolute atomic E-state index is 4.53. The predicted octanol–water partition coefficient (Wildman–Crippen LogP) is 5.15. The molecule has 6 rings (SSSR count). The molecule has 3 aromatic heterocycles. The lowest BCUT2D eigenvalue weighted by atomic mass is 10.1. The number of fused-ring (bicyclic) bond motifs is 2. The van der Waals surface area contributed by atoms with E-state index in [1.165, 1.54) is 11.1 Å². The highest BCUT2D eigenvalue weighted by Gasteiger charge is 2.19. The molecule has 1 aliphatic heterocycles. The van der Waals surface area contributed by atoms with E-state index in [1.54, 1.807) is 6.33 Å². The molecule has 0 saturated carbocycles. The predicted molar refractivity (Wildman–Crippen MR) is 139 cm³/mol. The fourth-order valence-electron chi connectivity index (χ4n) is 4.84. The van der Waals surface area contributed by atoms with E-state index in [-0.39, 0.29) is 0 Å². The van der Waals surface area contributed by atoms with Gasteiger partial charge >= 0.3 is 0 Å². The number of rotatable bonds is 5. The van der Waals surface area contributed by atoms with Gasteiger partial charge in [-0.3, -0.25) is 4.90 Å². The van der Waals surface area contributed by atoms with E-state index in [1.807, 2.05) is 10.7 Å². The normalized spacial score (nSPS) is 15.0. The first-order valence-corrected chi connectivity index (χ1v) is 11.9. The van der Waals surface area contributed by atoms with Gasteiger partial charge in [-0.25, -0.2) is 9.50 Å². The Hall–Kier alpha value is -3.84. The Bertz CT molecular complexity index is 1420. The van der Waals surface area contributed by atoms with E-state index in [2.05, 4.69) is 105 Å². The van der Waals surface area contributed by atoms with E-state index < -0.39 is 0 Å². The molecule has 5 aromatic rings. The topological polar surface area (TPSA) is 64.5 Å². The summed E-state index contributed by atoms with van der Waals surface area (Å²) >= 11 is 0. The van der Waals surface area contributed by atoms with Crippen molar-refractivity contribution in [1.29, 1.82) is 0 Å². The molecular weight excluding hydrogens is 422 g/mol. The van der Waals surface area contributed by atoms with Gasteiger partial charge in [0.2, 0.25) is 0 Å². The lowest BCUT2D eigenvalue weighted by Crippen LogP contribution is -2.48. The van der Waals surface area contributed by atoms with Crippen molar-refractivity contribution >= 4 is 33.6 Å². The van der Waals surface area contributed by atoms with E-state index in [9.17, 15) is 0 Å². The molecule has 0 unspecified atom stereocenters. The number of pyridine rings is 1. The molecule has 1 aliphatic rings. The number of H-pyrrole nitrogens is 1. The minimum Gasteiger partial charge on any atom is -0.369 e. The summed E-state index contributed by atoms with van der Waals surface area (Å²) in [7, 11) is 0. The minimum absolute atomic E-state index is 0.616. The lowest BCUT2D eigenvalue weighted by Gasteiger charge is -2.38. The van der Waals surface area contributed by atoms with Crippen molar-refractivity contribution in [3.8, 4) is 11.3 Å². The monoisotopic (exact) mass is 451 g/mol. The fraction of sp³-hybridized carbons (Fsp3) is 0.259. The molecule has 2 N–H and O–H groups in total. The third kappa shape index (κ3) is 3.78. The molecule has 1 fully saturated rings. The zero-order chi connectivity index (χ0) is 23.1. The summed E-state index contributed by atoms with van der Waals surface area (Å²) in [6.07, 6.45) is 3.57. The van der Waals surface area contributed by atoms with Crippen molar-refractivity contribution in [2.45, 2.75) is 19.9 Å². The van der Waals surface area contributed by atoms with Gasteiger partial charge in [0.1, 0.15) is 6.33 Å². The van der Waals surface area contributed by atoms with Gasteiger partial charge < -0.3 is 15.2 Å². The van der Waals surface area contributed by atoms with Crippen molar-refractivity contribution in [2.75, 3.05) is 36.4 Å². The number of hydrogen-bond donors (Lipinski definition) is 2. The summed E-state index contributed by atoms with van der Waals surface area (Å²) in [5, 5.41) is 9.23. The Labute approximate surface area is 199 Å². The molecule has 1 saturated heterocycles. The molecule has 0 aliphatic carbocycles. The summed E-state index contributed by atoms with van der Waals surface area (Å²) in [6.45, 7) is 8.92. The Kier molecular flexibility index (Phi) is 5.19. The third-order valence-electron chi connectivity index (χ3n) is 6.83. The number of piperazine rings is 1. The highest BCUT2D eigenvalue weighted by Crippen LogP contribution is 2.29. The Balaban J connectivity index is 1.22. The van der Waals surface area contributed by atoms with Gasteiger partial charge in [0.05, 0.1) is 11.4 Å². The van der Waals surface area contributed by atoms with E-state index >= 15 is 0 Å². The van der Waals surface area contributed by atoms with E-state index in [4.69, 9.17) is 0 Å². The van der Waals surface area contributed by atoms with Crippen LogP contribution in [0.4, 0.5) is 17.1 Å². The van der Waals surface area contributed by atoms with Crippen molar-refractivity contribution in [1.82, 2.24) is 24.5 Å². The van der Waals surface area contributed by atoms with Crippen molar-refractivity contribution < 1.29 is 0 Å². The van der Waals surface area contributed by atoms with Crippen LogP contribution in [0.15, 0.2) is 73.2 Å². The van der Waals surface area contributed by atoms with Gasteiger partial charge in [-0.1, -0.05) is 12.1 Å².